The van der Waals surface area contributed by atoms with Gasteiger partial charge in [-0.15, -0.1) is 11.3 Å². The molecule has 2 N–H and O–H groups in total. The number of nitrogens with one attached hydrogen (secondary N) is 2. The molecule has 1 aromatic heterocycles. The number of amides is 1. The Morgan fingerprint density at radius 1 is 1.08 bits per heavy atom. The maximum absolute atomic E-state index is 12.4. The van der Waals surface area contributed by atoms with Crippen LogP contribution in [0.4, 0.5) is 5.13 Å². The van der Waals surface area contributed by atoms with Gasteiger partial charge in [-0.05, 0) is 5.56 Å². The van der Waals surface area contributed by atoms with E-state index in [2.05, 4.69) is 34.6 Å². The SMILES string of the molecule is O=C(C[NH+]1CCc2ccccc2C1)Nc1nc(-c2ccccc2)cs1. The van der Waals surface area contributed by atoms with Gasteiger partial charge in [-0.3, -0.25) is 10.1 Å². The van der Waals surface area contributed by atoms with E-state index in [1.807, 2.05) is 35.7 Å². The summed E-state index contributed by atoms with van der Waals surface area (Å²) in [5, 5.41) is 5.60. The Bertz CT molecular complexity index is 875. The zero-order valence-electron chi connectivity index (χ0n) is 13.9. The van der Waals surface area contributed by atoms with Crippen LogP contribution in [-0.4, -0.2) is 24.0 Å². The van der Waals surface area contributed by atoms with E-state index in [4.69, 9.17) is 0 Å². The van der Waals surface area contributed by atoms with E-state index in [9.17, 15) is 4.79 Å². The minimum absolute atomic E-state index is 0.0309. The minimum atomic E-state index is 0.0309. The smallest absolute Gasteiger partial charge is 0.281 e. The summed E-state index contributed by atoms with van der Waals surface area (Å²) in [6, 6.07) is 18.5. The summed E-state index contributed by atoms with van der Waals surface area (Å²) < 4.78 is 0. The number of rotatable bonds is 4. The molecule has 3 aromatic rings. The van der Waals surface area contributed by atoms with Gasteiger partial charge in [0.05, 0.1) is 12.2 Å². The molecule has 25 heavy (non-hydrogen) atoms. The molecule has 4 nitrogen and oxygen atoms in total. The number of aromatic nitrogens is 1. The quantitative estimate of drug-likeness (QED) is 0.759. The molecule has 0 saturated heterocycles. The van der Waals surface area contributed by atoms with Gasteiger partial charge < -0.3 is 4.90 Å². The standard InChI is InChI=1S/C20H19N3OS/c24-19(13-23-11-10-15-6-4-5-9-17(15)12-23)22-20-21-18(14-25-20)16-7-2-1-3-8-16/h1-9,14H,10-13H2,(H,21,22,24)/p+1. The lowest BCUT2D eigenvalue weighted by Crippen LogP contribution is -3.12. The largest absolute Gasteiger partial charge is 0.323 e. The summed E-state index contributed by atoms with van der Waals surface area (Å²) in [6.45, 7) is 2.39. The molecule has 1 aliphatic heterocycles. The Morgan fingerprint density at radius 2 is 1.84 bits per heavy atom. The number of hydrogen-bond donors (Lipinski definition) is 2. The van der Waals surface area contributed by atoms with Gasteiger partial charge >= 0.3 is 0 Å². The summed E-state index contributed by atoms with van der Waals surface area (Å²) in [7, 11) is 0. The first-order chi connectivity index (χ1) is 12.3. The van der Waals surface area contributed by atoms with E-state index in [1.165, 1.54) is 27.4 Å². The lowest BCUT2D eigenvalue weighted by Gasteiger charge is -2.25. The number of fused-ring (bicyclic) bond motifs is 1. The fourth-order valence-corrected chi connectivity index (χ4v) is 3.99. The van der Waals surface area contributed by atoms with Crippen molar-refractivity contribution in [3.8, 4) is 11.3 Å². The van der Waals surface area contributed by atoms with Gasteiger partial charge in [-0.25, -0.2) is 4.98 Å². The topological polar surface area (TPSA) is 46.4 Å². The van der Waals surface area contributed by atoms with Crippen molar-refractivity contribution in [1.29, 1.82) is 0 Å². The molecular formula is C20H20N3OS+. The lowest BCUT2D eigenvalue weighted by atomic mass is 10.00. The van der Waals surface area contributed by atoms with Crippen LogP contribution in [0.5, 0.6) is 0 Å². The van der Waals surface area contributed by atoms with Crippen LogP contribution in [0.2, 0.25) is 0 Å². The lowest BCUT2D eigenvalue weighted by molar-refractivity contribution is -0.907. The van der Waals surface area contributed by atoms with Gasteiger partial charge in [0.25, 0.3) is 5.91 Å². The van der Waals surface area contributed by atoms with Crippen LogP contribution in [0.25, 0.3) is 11.3 Å². The number of thiazole rings is 1. The first-order valence-corrected chi connectivity index (χ1v) is 9.37. The summed E-state index contributed by atoms with van der Waals surface area (Å²) in [5.41, 5.74) is 4.74. The fourth-order valence-electron chi connectivity index (χ4n) is 3.26. The fraction of sp³-hybridized carbons (Fsp3) is 0.200. The molecule has 0 spiro atoms. The molecule has 1 unspecified atom stereocenters. The molecule has 0 saturated carbocycles. The molecule has 0 aliphatic carbocycles. The van der Waals surface area contributed by atoms with Crippen LogP contribution in [0.3, 0.4) is 0 Å². The third-order valence-corrected chi connectivity index (χ3v) is 5.30. The van der Waals surface area contributed by atoms with Crippen molar-refractivity contribution in [2.45, 2.75) is 13.0 Å². The van der Waals surface area contributed by atoms with Gasteiger partial charge in [0.15, 0.2) is 11.7 Å². The van der Waals surface area contributed by atoms with Crippen LogP contribution in [0, 0.1) is 0 Å². The van der Waals surface area contributed by atoms with Crippen molar-refractivity contribution in [1.82, 2.24) is 4.98 Å². The molecule has 1 aliphatic rings. The average molecular weight is 350 g/mol. The van der Waals surface area contributed by atoms with E-state index < -0.39 is 0 Å². The van der Waals surface area contributed by atoms with Crippen LogP contribution in [-0.2, 0) is 17.8 Å². The highest BCUT2D eigenvalue weighted by molar-refractivity contribution is 7.14. The van der Waals surface area contributed by atoms with Crippen molar-refractivity contribution in [2.24, 2.45) is 0 Å². The van der Waals surface area contributed by atoms with E-state index in [0.717, 1.165) is 30.8 Å². The molecule has 4 rings (SSSR count). The minimum Gasteiger partial charge on any atom is -0.323 e. The maximum Gasteiger partial charge on any atom is 0.281 e. The number of benzene rings is 2. The Labute approximate surface area is 151 Å². The second kappa shape index (κ2) is 7.17. The molecule has 5 heteroatoms. The van der Waals surface area contributed by atoms with E-state index in [1.54, 1.807) is 0 Å². The first-order valence-electron chi connectivity index (χ1n) is 8.49. The first kappa shape index (κ1) is 16.0. The van der Waals surface area contributed by atoms with Crippen molar-refractivity contribution in [2.75, 3.05) is 18.4 Å². The molecule has 0 fully saturated rings. The van der Waals surface area contributed by atoms with Crippen molar-refractivity contribution in [3.63, 3.8) is 0 Å². The molecular weight excluding hydrogens is 330 g/mol. The van der Waals surface area contributed by atoms with Gasteiger partial charge in [0.1, 0.15) is 6.54 Å². The molecule has 126 valence electrons. The van der Waals surface area contributed by atoms with E-state index in [-0.39, 0.29) is 5.91 Å². The highest BCUT2D eigenvalue weighted by atomic mass is 32.1. The second-order valence-corrected chi connectivity index (χ2v) is 7.18. The van der Waals surface area contributed by atoms with Gasteiger partial charge in [-0.2, -0.15) is 0 Å². The Morgan fingerprint density at radius 3 is 2.68 bits per heavy atom. The monoisotopic (exact) mass is 350 g/mol. The van der Waals surface area contributed by atoms with Crippen molar-refractivity contribution < 1.29 is 9.69 Å². The number of nitrogens with zero attached hydrogens (tertiary/aromatic N) is 1. The van der Waals surface area contributed by atoms with Crippen molar-refractivity contribution in [3.05, 3.63) is 71.1 Å². The maximum atomic E-state index is 12.4. The molecule has 1 atom stereocenters. The summed E-state index contributed by atoms with van der Waals surface area (Å²) in [4.78, 5) is 18.2. The number of carbonyl (C=O) groups excluding carboxylic acids is 1. The Balaban J connectivity index is 1.36. The Hall–Kier alpha value is -2.50. The van der Waals surface area contributed by atoms with E-state index >= 15 is 0 Å². The molecule has 2 aromatic carbocycles. The predicted molar refractivity (Wildman–Crippen MR) is 101 cm³/mol. The molecule has 0 bridgehead atoms. The van der Waals surface area contributed by atoms with Crippen LogP contribution in [0.15, 0.2) is 60.0 Å². The van der Waals surface area contributed by atoms with E-state index in [0.29, 0.717) is 11.7 Å². The van der Waals surface area contributed by atoms with Crippen molar-refractivity contribution >= 4 is 22.4 Å². The second-order valence-electron chi connectivity index (χ2n) is 6.32. The Kier molecular flexibility index (Phi) is 4.59. The predicted octanol–water partition coefficient (Wildman–Crippen LogP) is 2.39. The summed E-state index contributed by atoms with van der Waals surface area (Å²) >= 11 is 1.47. The highest BCUT2D eigenvalue weighted by Crippen LogP contribution is 2.24. The van der Waals surface area contributed by atoms with Crippen LogP contribution in [0.1, 0.15) is 11.1 Å². The molecule has 2 heterocycles. The average Bonchev–Trinajstić information content (AvgIpc) is 3.10. The molecule has 1 amide bonds. The highest BCUT2D eigenvalue weighted by Gasteiger charge is 2.21. The summed E-state index contributed by atoms with van der Waals surface area (Å²) in [6.07, 6.45) is 1.04. The zero-order valence-corrected chi connectivity index (χ0v) is 14.7. The number of hydrogen-bond acceptors (Lipinski definition) is 3. The summed E-state index contributed by atoms with van der Waals surface area (Å²) in [5.74, 6) is 0.0309. The number of carbonyl (C=O) groups is 1. The van der Waals surface area contributed by atoms with Gasteiger partial charge in [-0.1, -0.05) is 54.6 Å². The van der Waals surface area contributed by atoms with Crippen LogP contribution < -0.4 is 10.2 Å². The number of quaternary nitrogens is 1. The molecule has 0 radical (unpaired) electrons. The third kappa shape index (κ3) is 3.78. The van der Waals surface area contributed by atoms with Gasteiger partial charge in [0, 0.05) is 22.9 Å². The third-order valence-electron chi connectivity index (χ3n) is 4.54. The van der Waals surface area contributed by atoms with Crippen LogP contribution >= 0.6 is 11.3 Å². The van der Waals surface area contributed by atoms with Gasteiger partial charge in [0.2, 0.25) is 0 Å². The normalized spacial score (nSPS) is 16.2. The zero-order chi connectivity index (χ0) is 17.1. The number of anilines is 1.